The summed E-state index contributed by atoms with van der Waals surface area (Å²) >= 11 is 0. The van der Waals surface area contributed by atoms with Gasteiger partial charge in [-0.15, -0.1) is 0 Å². The van der Waals surface area contributed by atoms with Crippen LogP contribution >= 0.6 is 0 Å². The minimum atomic E-state index is 0.175. The van der Waals surface area contributed by atoms with Crippen molar-refractivity contribution in [2.45, 2.75) is 18.8 Å². The average Bonchev–Trinajstić information content (AvgIpc) is 2.49. The zero-order chi connectivity index (χ0) is 13.1. The number of piperidine rings is 1. The van der Waals surface area contributed by atoms with Gasteiger partial charge in [0.2, 0.25) is 5.91 Å². The van der Waals surface area contributed by atoms with E-state index in [1.54, 1.807) is 0 Å². The van der Waals surface area contributed by atoms with E-state index in [2.05, 4.69) is 28.8 Å². The molecular weight excluding hydrogens is 238 g/mol. The average molecular weight is 259 g/mol. The van der Waals surface area contributed by atoms with Gasteiger partial charge in [0.1, 0.15) is 0 Å². The highest BCUT2D eigenvalue weighted by atomic mass is 16.2. The van der Waals surface area contributed by atoms with E-state index >= 15 is 0 Å². The minimum absolute atomic E-state index is 0.175. The maximum atomic E-state index is 11.9. The Morgan fingerprint density at radius 3 is 2.74 bits per heavy atom. The second kappa shape index (κ2) is 5.72. The molecule has 19 heavy (non-hydrogen) atoms. The molecule has 1 amide bonds. The molecule has 0 atom stereocenters. The van der Waals surface area contributed by atoms with E-state index in [0.717, 1.165) is 31.9 Å². The molecule has 2 fully saturated rings. The summed E-state index contributed by atoms with van der Waals surface area (Å²) in [6, 6.07) is 8.54. The van der Waals surface area contributed by atoms with Crippen molar-refractivity contribution in [2.75, 3.05) is 37.6 Å². The first kappa shape index (κ1) is 12.6. The second-order valence-electron chi connectivity index (χ2n) is 5.34. The lowest BCUT2D eigenvalue weighted by Crippen LogP contribution is -2.48. The van der Waals surface area contributed by atoms with Crippen molar-refractivity contribution in [1.29, 1.82) is 0 Å². The Bertz CT molecular complexity index is 454. The van der Waals surface area contributed by atoms with Crippen LogP contribution in [0.3, 0.4) is 0 Å². The first-order valence-electron chi connectivity index (χ1n) is 7.16. The predicted octanol–water partition coefficient (Wildman–Crippen LogP) is 1.09. The lowest BCUT2D eigenvalue weighted by molar-refractivity contribution is -0.118. The van der Waals surface area contributed by atoms with Gasteiger partial charge in [0.25, 0.3) is 0 Å². The van der Waals surface area contributed by atoms with E-state index in [1.165, 1.54) is 18.4 Å². The summed E-state index contributed by atoms with van der Waals surface area (Å²) in [6.07, 6.45) is 2.39. The fourth-order valence-corrected chi connectivity index (χ4v) is 2.98. The number of nitrogens with one attached hydrogen (secondary N) is 2. The third-order valence-electron chi connectivity index (χ3n) is 4.08. The maximum absolute atomic E-state index is 11.9. The van der Waals surface area contributed by atoms with Gasteiger partial charge in [0.05, 0.1) is 6.54 Å². The number of hydrogen-bond acceptors (Lipinski definition) is 3. The summed E-state index contributed by atoms with van der Waals surface area (Å²) in [4.78, 5) is 13.8. The molecule has 2 aliphatic heterocycles. The van der Waals surface area contributed by atoms with Crippen molar-refractivity contribution < 1.29 is 4.79 Å². The van der Waals surface area contributed by atoms with Crippen LogP contribution in [0.5, 0.6) is 0 Å². The van der Waals surface area contributed by atoms with Crippen molar-refractivity contribution in [2.24, 2.45) is 0 Å². The fraction of sp³-hybridized carbons (Fsp3) is 0.533. The van der Waals surface area contributed by atoms with Crippen LogP contribution in [0, 0.1) is 0 Å². The molecule has 4 heteroatoms. The molecule has 0 saturated carbocycles. The highest BCUT2D eigenvalue weighted by Gasteiger charge is 2.21. The Morgan fingerprint density at radius 1 is 1.11 bits per heavy atom. The Labute approximate surface area is 114 Å². The normalized spacial score (nSPS) is 21.7. The van der Waals surface area contributed by atoms with Gasteiger partial charge in [-0.2, -0.15) is 0 Å². The van der Waals surface area contributed by atoms with Gasteiger partial charge in [0, 0.05) is 18.8 Å². The zero-order valence-corrected chi connectivity index (χ0v) is 11.2. The first-order chi connectivity index (χ1) is 9.34. The third kappa shape index (κ3) is 2.80. The van der Waals surface area contributed by atoms with Crippen LogP contribution in [0.4, 0.5) is 5.69 Å². The van der Waals surface area contributed by atoms with Crippen molar-refractivity contribution in [3.05, 3.63) is 29.8 Å². The van der Waals surface area contributed by atoms with Crippen molar-refractivity contribution in [1.82, 2.24) is 10.6 Å². The van der Waals surface area contributed by atoms with Gasteiger partial charge in [-0.3, -0.25) is 4.79 Å². The van der Waals surface area contributed by atoms with Crippen LogP contribution < -0.4 is 15.5 Å². The molecule has 1 aromatic rings. The summed E-state index contributed by atoms with van der Waals surface area (Å²) in [6.45, 7) is 4.30. The highest BCUT2D eigenvalue weighted by Crippen LogP contribution is 2.28. The SMILES string of the molecule is O=C1CNCCN1c1cccc(C2CCNCC2)c1. The monoisotopic (exact) mass is 259 g/mol. The van der Waals surface area contributed by atoms with Crippen LogP contribution in [-0.2, 0) is 4.79 Å². The van der Waals surface area contributed by atoms with E-state index < -0.39 is 0 Å². The van der Waals surface area contributed by atoms with E-state index in [0.29, 0.717) is 12.5 Å². The molecule has 0 unspecified atom stereocenters. The minimum Gasteiger partial charge on any atom is -0.317 e. The Hall–Kier alpha value is -1.39. The number of nitrogens with zero attached hydrogens (tertiary/aromatic N) is 1. The Kier molecular flexibility index (Phi) is 3.80. The van der Waals surface area contributed by atoms with Crippen LogP contribution in [0.25, 0.3) is 0 Å². The van der Waals surface area contributed by atoms with Crippen LogP contribution in [0.1, 0.15) is 24.3 Å². The predicted molar refractivity (Wildman–Crippen MR) is 76.5 cm³/mol. The smallest absolute Gasteiger partial charge is 0.240 e. The molecular formula is C15H21N3O. The molecule has 2 N–H and O–H groups in total. The van der Waals surface area contributed by atoms with Gasteiger partial charge >= 0.3 is 0 Å². The number of hydrogen-bond donors (Lipinski definition) is 2. The highest BCUT2D eigenvalue weighted by molar-refractivity contribution is 5.95. The summed E-state index contributed by atoms with van der Waals surface area (Å²) in [7, 11) is 0. The second-order valence-corrected chi connectivity index (χ2v) is 5.34. The van der Waals surface area contributed by atoms with Crippen molar-refractivity contribution in [3.8, 4) is 0 Å². The van der Waals surface area contributed by atoms with Crippen LogP contribution in [0.2, 0.25) is 0 Å². The molecule has 102 valence electrons. The molecule has 3 rings (SSSR count). The number of benzene rings is 1. The molecule has 0 aromatic heterocycles. The van der Waals surface area contributed by atoms with Gasteiger partial charge < -0.3 is 15.5 Å². The number of carbonyl (C=O) groups excluding carboxylic acids is 1. The molecule has 2 saturated heterocycles. The molecule has 2 heterocycles. The maximum Gasteiger partial charge on any atom is 0.240 e. The number of carbonyl (C=O) groups is 1. The van der Waals surface area contributed by atoms with E-state index in [4.69, 9.17) is 0 Å². The quantitative estimate of drug-likeness (QED) is 0.835. The van der Waals surface area contributed by atoms with Crippen LogP contribution in [0.15, 0.2) is 24.3 Å². The summed E-state index contributed by atoms with van der Waals surface area (Å²) in [5.74, 6) is 0.813. The molecule has 0 aliphatic carbocycles. The molecule has 4 nitrogen and oxygen atoms in total. The summed E-state index contributed by atoms with van der Waals surface area (Å²) in [5.41, 5.74) is 2.44. The zero-order valence-electron chi connectivity index (χ0n) is 11.2. The van der Waals surface area contributed by atoms with E-state index in [9.17, 15) is 4.79 Å². The molecule has 1 aromatic carbocycles. The van der Waals surface area contributed by atoms with Crippen LogP contribution in [-0.4, -0.2) is 38.6 Å². The summed E-state index contributed by atoms with van der Waals surface area (Å²) < 4.78 is 0. The van der Waals surface area contributed by atoms with E-state index in [-0.39, 0.29) is 5.91 Å². The standard InChI is InChI=1S/C15H21N3O/c19-15-11-17-8-9-18(15)14-3-1-2-13(10-14)12-4-6-16-7-5-12/h1-3,10,12,16-17H,4-9,11H2. The van der Waals surface area contributed by atoms with Gasteiger partial charge in [-0.25, -0.2) is 0 Å². The fourth-order valence-electron chi connectivity index (χ4n) is 2.98. The largest absolute Gasteiger partial charge is 0.317 e. The third-order valence-corrected chi connectivity index (χ3v) is 4.08. The summed E-state index contributed by atoms with van der Waals surface area (Å²) in [5, 5.41) is 6.51. The number of amides is 1. The van der Waals surface area contributed by atoms with Gasteiger partial charge in [-0.1, -0.05) is 12.1 Å². The molecule has 0 radical (unpaired) electrons. The topological polar surface area (TPSA) is 44.4 Å². The number of piperazine rings is 1. The van der Waals surface area contributed by atoms with Crippen molar-refractivity contribution in [3.63, 3.8) is 0 Å². The Morgan fingerprint density at radius 2 is 1.95 bits per heavy atom. The first-order valence-corrected chi connectivity index (χ1v) is 7.16. The van der Waals surface area contributed by atoms with Crippen molar-refractivity contribution >= 4 is 11.6 Å². The number of rotatable bonds is 2. The lowest BCUT2D eigenvalue weighted by Gasteiger charge is -2.29. The van der Waals surface area contributed by atoms with Gasteiger partial charge in [-0.05, 0) is 49.5 Å². The van der Waals surface area contributed by atoms with E-state index in [1.807, 2.05) is 11.0 Å². The Balaban J connectivity index is 1.80. The lowest BCUT2D eigenvalue weighted by atomic mass is 9.90. The van der Waals surface area contributed by atoms with Gasteiger partial charge in [0.15, 0.2) is 0 Å². The number of anilines is 1. The molecule has 2 aliphatic rings. The molecule has 0 bridgehead atoms. The molecule has 0 spiro atoms.